The predicted octanol–water partition coefficient (Wildman–Crippen LogP) is 2.44. The molecule has 1 fully saturated rings. The summed E-state index contributed by atoms with van der Waals surface area (Å²) in [6, 6.07) is -0.649. The van der Waals surface area contributed by atoms with Gasteiger partial charge >= 0.3 is 24.2 Å². The highest BCUT2D eigenvalue weighted by Crippen LogP contribution is 2.42. The fourth-order valence-electron chi connectivity index (χ4n) is 1.72. The Morgan fingerprint density at radius 1 is 1.18 bits per heavy atom. The number of amides is 1. The van der Waals surface area contributed by atoms with E-state index in [9.17, 15) is 35.9 Å². The third-order valence-electron chi connectivity index (χ3n) is 2.77. The zero-order valence-electron chi connectivity index (χ0n) is 10.4. The second-order valence-corrected chi connectivity index (χ2v) is 4.50. The Balaban J connectivity index is 2.57. The van der Waals surface area contributed by atoms with E-state index in [4.69, 9.17) is 5.11 Å². The fourth-order valence-corrected chi connectivity index (χ4v) is 1.72. The minimum absolute atomic E-state index is 0.339. The van der Waals surface area contributed by atoms with E-state index in [1.165, 1.54) is 0 Å². The zero-order valence-corrected chi connectivity index (χ0v) is 10.4. The van der Waals surface area contributed by atoms with Gasteiger partial charge in [0.2, 0.25) is 0 Å². The summed E-state index contributed by atoms with van der Waals surface area (Å²) in [6.07, 6.45) is -10.0. The number of halogens is 6. The number of alkyl halides is 6. The fraction of sp³-hybridized carbons (Fsp3) is 0.500. The van der Waals surface area contributed by atoms with E-state index in [0.29, 0.717) is 17.5 Å². The molecule has 0 aliphatic heterocycles. The van der Waals surface area contributed by atoms with Crippen LogP contribution in [0.5, 0.6) is 0 Å². The molecule has 0 radical (unpaired) electrons. The molecule has 1 aliphatic carbocycles. The molecule has 0 atom stereocenters. The number of nitrogens with zero attached hydrogens (tertiary/aromatic N) is 2. The lowest BCUT2D eigenvalue weighted by Crippen LogP contribution is -2.31. The van der Waals surface area contributed by atoms with E-state index in [-0.39, 0.29) is 0 Å². The van der Waals surface area contributed by atoms with Gasteiger partial charge in [-0.25, -0.2) is 4.79 Å². The van der Waals surface area contributed by atoms with Gasteiger partial charge in [0.25, 0.3) is 0 Å². The Kier molecular flexibility index (Phi) is 3.57. The lowest BCUT2D eigenvalue weighted by atomic mass is 10.2. The number of hydrogen-bond donors (Lipinski definition) is 2. The maximum atomic E-state index is 12.8. The average molecular weight is 331 g/mol. The molecule has 1 amide bonds. The van der Waals surface area contributed by atoms with Crippen molar-refractivity contribution in [2.24, 2.45) is 0 Å². The van der Waals surface area contributed by atoms with Crippen LogP contribution >= 0.6 is 0 Å². The SMILES string of the molecule is O=C(O)c1c(NC(=O)C(F)(F)F)c(C(F)(F)F)nn1C1CC1. The third kappa shape index (κ3) is 2.99. The van der Waals surface area contributed by atoms with Crippen LogP contribution in [-0.4, -0.2) is 32.9 Å². The number of carbonyl (C=O) groups excluding carboxylic acids is 1. The van der Waals surface area contributed by atoms with Crippen LogP contribution in [0.3, 0.4) is 0 Å². The standard InChI is InChI=1S/C10H7F6N3O3/c11-9(12,13)6-4(17-8(22)10(14,15)16)5(7(20)21)19(18-6)3-1-2-3/h3H,1-2H2,(H,17,22)(H,20,21). The van der Waals surface area contributed by atoms with Crippen molar-refractivity contribution in [3.63, 3.8) is 0 Å². The highest BCUT2D eigenvalue weighted by molar-refractivity contribution is 6.02. The summed E-state index contributed by atoms with van der Waals surface area (Å²) in [6.45, 7) is 0. The van der Waals surface area contributed by atoms with Crippen molar-refractivity contribution in [3.05, 3.63) is 11.4 Å². The highest BCUT2D eigenvalue weighted by atomic mass is 19.4. The highest BCUT2D eigenvalue weighted by Gasteiger charge is 2.46. The number of hydrogen-bond acceptors (Lipinski definition) is 3. The van der Waals surface area contributed by atoms with Crippen LogP contribution in [-0.2, 0) is 11.0 Å². The Morgan fingerprint density at radius 3 is 2.09 bits per heavy atom. The summed E-state index contributed by atoms with van der Waals surface area (Å²) in [7, 11) is 0. The van der Waals surface area contributed by atoms with E-state index in [2.05, 4.69) is 5.10 Å². The van der Waals surface area contributed by atoms with Crippen molar-refractivity contribution in [2.45, 2.75) is 31.2 Å². The molecule has 1 aromatic heterocycles. The molecule has 1 heterocycles. The molecule has 0 bridgehead atoms. The number of aromatic nitrogens is 2. The Morgan fingerprint density at radius 2 is 1.73 bits per heavy atom. The van der Waals surface area contributed by atoms with E-state index < -0.39 is 47.3 Å². The van der Waals surface area contributed by atoms with Gasteiger partial charge in [-0.05, 0) is 12.8 Å². The largest absolute Gasteiger partial charge is 0.476 e. The van der Waals surface area contributed by atoms with E-state index in [1.807, 2.05) is 0 Å². The molecule has 0 spiro atoms. The topological polar surface area (TPSA) is 84.2 Å². The lowest BCUT2D eigenvalue weighted by molar-refractivity contribution is -0.167. The van der Waals surface area contributed by atoms with Crippen molar-refractivity contribution in [1.29, 1.82) is 0 Å². The van der Waals surface area contributed by atoms with Crippen molar-refractivity contribution in [1.82, 2.24) is 9.78 Å². The molecular formula is C10H7F6N3O3. The van der Waals surface area contributed by atoms with Crippen molar-refractivity contribution in [2.75, 3.05) is 5.32 Å². The summed E-state index contributed by atoms with van der Waals surface area (Å²) >= 11 is 0. The second kappa shape index (κ2) is 4.88. The van der Waals surface area contributed by atoms with Crippen LogP contribution in [0.1, 0.15) is 35.1 Å². The average Bonchev–Trinajstić information content (AvgIpc) is 3.08. The molecule has 12 heteroatoms. The van der Waals surface area contributed by atoms with Crippen LogP contribution < -0.4 is 5.32 Å². The quantitative estimate of drug-likeness (QED) is 0.833. The summed E-state index contributed by atoms with van der Waals surface area (Å²) in [5, 5.41) is 12.9. The molecule has 1 aliphatic rings. The first kappa shape index (κ1) is 16.1. The van der Waals surface area contributed by atoms with Gasteiger partial charge in [-0.2, -0.15) is 31.4 Å². The molecule has 22 heavy (non-hydrogen) atoms. The van der Waals surface area contributed by atoms with Gasteiger partial charge in [-0.15, -0.1) is 0 Å². The Labute approximate surface area is 117 Å². The molecule has 0 unspecified atom stereocenters. The van der Waals surface area contributed by atoms with Gasteiger partial charge in [0.05, 0.1) is 6.04 Å². The van der Waals surface area contributed by atoms with E-state index in [0.717, 1.165) is 5.32 Å². The number of carbonyl (C=O) groups is 2. The molecule has 122 valence electrons. The van der Waals surface area contributed by atoms with Crippen LogP contribution in [0.15, 0.2) is 0 Å². The van der Waals surface area contributed by atoms with E-state index >= 15 is 0 Å². The first-order chi connectivity index (χ1) is 9.93. The first-order valence-corrected chi connectivity index (χ1v) is 5.74. The summed E-state index contributed by atoms with van der Waals surface area (Å²) in [5.41, 5.74) is -4.52. The number of anilines is 1. The van der Waals surface area contributed by atoms with Gasteiger partial charge in [0.15, 0.2) is 11.4 Å². The third-order valence-corrected chi connectivity index (χ3v) is 2.77. The van der Waals surface area contributed by atoms with E-state index in [1.54, 1.807) is 0 Å². The monoisotopic (exact) mass is 331 g/mol. The minimum atomic E-state index is -5.47. The second-order valence-electron chi connectivity index (χ2n) is 4.50. The van der Waals surface area contributed by atoms with Crippen LogP contribution in [0.25, 0.3) is 0 Å². The normalized spacial score (nSPS) is 15.7. The van der Waals surface area contributed by atoms with Gasteiger partial charge in [-0.3, -0.25) is 9.48 Å². The first-order valence-electron chi connectivity index (χ1n) is 5.74. The molecule has 2 rings (SSSR count). The van der Waals surface area contributed by atoms with Crippen LogP contribution in [0.2, 0.25) is 0 Å². The molecule has 0 saturated heterocycles. The molecule has 1 aromatic rings. The smallest absolute Gasteiger partial charge is 0.471 e. The summed E-state index contributed by atoms with van der Waals surface area (Å²) < 4.78 is 75.6. The van der Waals surface area contributed by atoms with Gasteiger partial charge < -0.3 is 10.4 Å². The molecule has 6 nitrogen and oxygen atoms in total. The maximum absolute atomic E-state index is 12.8. The van der Waals surface area contributed by atoms with Gasteiger partial charge in [0.1, 0.15) is 5.69 Å². The van der Waals surface area contributed by atoms with Crippen molar-refractivity contribution >= 4 is 17.6 Å². The van der Waals surface area contributed by atoms with Crippen molar-refractivity contribution < 1.29 is 41.0 Å². The number of carboxylic acids is 1. The van der Waals surface area contributed by atoms with Gasteiger partial charge in [0, 0.05) is 0 Å². The molecule has 2 N–H and O–H groups in total. The Hall–Kier alpha value is -2.27. The molecule has 1 saturated carbocycles. The predicted molar refractivity (Wildman–Crippen MR) is 57.1 cm³/mol. The number of carboxylic acid groups (broad SMARTS) is 1. The van der Waals surface area contributed by atoms with Crippen LogP contribution in [0, 0.1) is 0 Å². The van der Waals surface area contributed by atoms with Gasteiger partial charge in [-0.1, -0.05) is 0 Å². The Bertz CT molecular complexity index is 629. The summed E-state index contributed by atoms with van der Waals surface area (Å²) in [4.78, 5) is 21.9. The minimum Gasteiger partial charge on any atom is -0.476 e. The molecule has 0 aromatic carbocycles. The number of aromatic carboxylic acids is 1. The maximum Gasteiger partial charge on any atom is 0.471 e. The molecular weight excluding hydrogens is 324 g/mol. The number of nitrogens with one attached hydrogen (secondary N) is 1. The summed E-state index contributed by atoms with van der Waals surface area (Å²) in [5.74, 6) is -4.64. The van der Waals surface area contributed by atoms with Crippen LogP contribution in [0.4, 0.5) is 32.0 Å². The van der Waals surface area contributed by atoms with Crippen molar-refractivity contribution in [3.8, 4) is 0 Å². The number of rotatable bonds is 3. The lowest BCUT2D eigenvalue weighted by Gasteiger charge is -2.10. The zero-order chi connectivity index (χ0) is 16.9.